The molecule has 1 unspecified atom stereocenters. The van der Waals surface area contributed by atoms with Crippen molar-refractivity contribution in [3.63, 3.8) is 0 Å². The van der Waals surface area contributed by atoms with E-state index in [1.165, 1.54) is 5.01 Å². The summed E-state index contributed by atoms with van der Waals surface area (Å²) in [5.74, 6) is 2.78. The maximum Gasteiger partial charge on any atom is 0.191 e. The van der Waals surface area contributed by atoms with Gasteiger partial charge in [-0.2, -0.15) is 5.10 Å². The molecule has 0 radical (unpaired) electrons. The molecular weight excluding hydrogens is 449 g/mol. The van der Waals surface area contributed by atoms with Crippen molar-refractivity contribution in [3.8, 4) is 0 Å². The summed E-state index contributed by atoms with van der Waals surface area (Å²) in [7, 11) is 0. The minimum absolute atomic E-state index is 0. The molecule has 7 nitrogen and oxygen atoms in total. The number of aryl methyl sites for hydroxylation is 3. The van der Waals surface area contributed by atoms with E-state index >= 15 is 0 Å². The molecule has 0 saturated carbocycles. The molecule has 0 aliphatic carbocycles. The second-order valence-electron chi connectivity index (χ2n) is 5.92. The summed E-state index contributed by atoms with van der Waals surface area (Å²) < 4.78 is 2.01. The summed E-state index contributed by atoms with van der Waals surface area (Å²) >= 11 is 1.71. The van der Waals surface area contributed by atoms with E-state index in [4.69, 9.17) is 0 Å². The van der Waals surface area contributed by atoms with Gasteiger partial charge in [0.05, 0.1) is 23.8 Å². The van der Waals surface area contributed by atoms with Gasteiger partial charge in [-0.3, -0.25) is 0 Å². The van der Waals surface area contributed by atoms with Crippen molar-refractivity contribution in [2.75, 3.05) is 6.54 Å². The molecule has 0 bridgehead atoms. The van der Waals surface area contributed by atoms with E-state index in [9.17, 15) is 0 Å². The van der Waals surface area contributed by atoms with Crippen molar-refractivity contribution < 1.29 is 0 Å². The number of hydrogen-bond donors (Lipinski definition) is 2. The maximum atomic E-state index is 4.68. The molecule has 0 fully saturated rings. The lowest BCUT2D eigenvalue weighted by Gasteiger charge is -2.25. The zero-order chi connectivity index (χ0) is 16.9. The molecule has 3 heterocycles. The molecule has 2 aromatic heterocycles. The molecule has 2 aromatic rings. The monoisotopic (exact) mass is 475 g/mol. The van der Waals surface area contributed by atoms with Crippen molar-refractivity contribution >= 4 is 41.3 Å². The zero-order valence-corrected chi connectivity index (χ0v) is 18.1. The molecule has 2 N–H and O–H groups in total. The number of aliphatic imine (C=N–C) groups is 1. The molecule has 25 heavy (non-hydrogen) atoms. The van der Waals surface area contributed by atoms with Crippen LogP contribution in [0.15, 0.2) is 10.4 Å². The third-order valence-electron chi connectivity index (χ3n) is 3.95. The van der Waals surface area contributed by atoms with Crippen LogP contribution in [-0.4, -0.2) is 38.3 Å². The van der Waals surface area contributed by atoms with Crippen LogP contribution in [0.25, 0.3) is 0 Å². The molecular formula is C16H26IN7S. The lowest BCUT2D eigenvalue weighted by Crippen LogP contribution is -2.47. The highest BCUT2D eigenvalue weighted by Gasteiger charge is 2.21. The van der Waals surface area contributed by atoms with Gasteiger partial charge < -0.3 is 10.6 Å². The van der Waals surface area contributed by atoms with Crippen molar-refractivity contribution in [1.29, 1.82) is 0 Å². The summed E-state index contributed by atoms with van der Waals surface area (Å²) in [6, 6.07) is 0.318. The number of rotatable bonds is 5. The molecule has 0 spiro atoms. The Kier molecular flexibility index (Phi) is 7.60. The summed E-state index contributed by atoms with van der Waals surface area (Å²) in [5.41, 5.74) is 1.03. The Bertz CT molecular complexity index is 709. The van der Waals surface area contributed by atoms with Gasteiger partial charge in [0.15, 0.2) is 5.96 Å². The number of halogens is 1. The van der Waals surface area contributed by atoms with Crippen molar-refractivity contribution in [1.82, 2.24) is 30.4 Å². The van der Waals surface area contributed by atoms with E-state index in [0.29, 0.717) is 12.6 Å². The van der Waals surface area contributed by atoms with Crippen LogP contribution in [0.5, 0.6) is 0 Å². The Balaban J connectivity index is 0.00000225. The van der Waals surface area contributed by atoms with E-state index in [0.717, 1.165) is 55.7 Å². The predicted molar refractivity (Wildman–Crippen MR) is 112 cm³/mol. The number of nitrogens with zero attached hydrogens (tertiary/aromatic N) is 5. The van der Waals surface area contributed by atoms with Crippen LogP contribution in [0, 0.1) is 6.92 Å². The second-order valence-corrected chi connectivity index (χ2v) is 6.86. The zero-order valence-electron chi connectivity index (χ0n) is 14.9. The fraction of sp³-hybridized carbons (Fsp3) is 0.625. The van der Waals surface area contributed by atoms with Gasteiger partial charge in [-0.1, -0.05) is 6.92 Å². The molecule has 1 aliphatic heterocycles. The smallest absolute Gasteiger partial charge is 0.191 e. The number of guanidine groups is 1. The van der Waals surface area contributed by atoms with Crippen molar-refractivity contribution in [2.45, 2.75) is 59.2 Å². The van der Waals surface area contributed by atoms with Gasteiger partial charge in [0.1, 0.15) is 11.6 Å². The average molecular weight is 475 g/mol. The number of aromatic nitrogens is 4. The molecule has 1 atom stereocenters. The second kappa shape index (κ2) is 9.46. The molecule has 0 amide bonds. The molecule has 3 rings (SSSR count). The number of thiazole rings is 1. The maximum absolute atomic E-state index is 4.68. The molecule has 9 heteroatoms. The van der Waals surface area contributed by atoms with E-state index in [1.54, 1.807) is 11.3 Å². The Hall–Kier alpha value is -1.23. The lowest BCUT2D eigenvalue weighted by atomic mass is 10.1. The van der Waals surface area contributed by atoms with Crippen LogP contribution in [0.4, 0.5) is 0 Å². The topological polar surface area (TPSA) is 80.0 Å². The summed E-state index contributed by atoms with van der Waals surface area (Å²) in [4.78, 5) is 13.7. The third kappa shape index (κ3) is 5.37. The van der Waals surface area contributed by atoms with Crippen molar-refractivity contribution in [3.05, 3.63) is 27.7 Å². The van der Waals surface area contributed by atoms with Crippen LogP contribution in [0.3, 0.4) is 0 Å². The van der Waals surface area contributed by atoms with Gasteiger partial charge in [-0.15, -0.1) is 35.3 Å². The molecule has 0 saturated heterocycles. The molecule has 138 valence electrons. The summed E-state index contributed by atoms with van der Waals surface area (Å²) in [6.07, 6.45) is 2.97. The van der Waals surface area contributed by atoms with Crippen LogP contribution >= 0.6 is 35.3 Å². The van der Waals surface area contributed by atoms with Crippen LogP contribution in [0.2, 0.25) is 0 Å². The quantitative estimate of drug-likeness (QED) is 0.394. The van der Waals surface area contributed by atoms with Crippen molar-refractivity contribution in [2.24, 2.45) is 4.99 Å². The van der Waals surface area contributed by atoms with E-state index in [2.05, 4.69) is 49.9 Å². The first-order valence-corrected chi connectivity index (χ1v) is 9.44. The first-order valence-electron chi connectivity index (χ1n) is 8.56. The summed E-state index contributed by atoms with van der Waals surface area (Å²) in [5, 5.41) is 14.6. The largest absolute Gasteiger partial charge is 0.357 e. The van der Waals surface area contributed by atoms with Gasteiger partial charge in [0, 0.05) is 24.4 Å². The first kappa shape index (κ1) is 20.1. The SMILES string of the molecule is CCNC(=NCc1csc(CC)n1)NC1CCc2nc(C)nn2C1.I. The van der Waals surface area contributed by atoms with Gasteiger partial charge in [0.25, 0.3) is 0 Å². The van der Waals surface area contributed by atoms with Gasteiger partial charge in [0.2, 0.25) is 0 Å². The Morgan fingerprint density at radius 2 is 2.24 bits per heavy atom. The fourth-order valence-corrected chi connectivity index (χ4v) is 3.54. The van der Waals surface area contributed by atoms with E-state index in [-0.39, 0.29) is 24.0 Å². The van der Waals surface area contributed by atoms with Gasteiger partial charge in [-0.05, 0) is 26.7 Å². The molecule has 0 aromatic carbocycles. The number of nitrogens with one attached hydrogen (secondary N) is 2. The normalized spacial score (nSPS) is 16.9. The standard InChI is InChI=1S/C16H25N7S.HI/c1-4-15-20-13(10-24-15)8-18-16(17-5-2)21-12-6-7-14-19-11(3)22-23(14)9-12;/h10,12H,4-9H2,1-3H3,(H2,17,18,21);1H. The summed E-state index contributed by atoms with van der Waals surface area (Å²) in [6.45, 7) is 8.42. The fourth-order valence-electron chi connectivity index (χ4n) is 2.81. The first-order chi connectivity index (χ1) is 11.7. The Labute approximate surface area is 169 Å². The molecule has 1 aliphatic rings. The highest BCUT2D eigenvalue weighted by atomic mass is 127. The van der Waals surface area contributed by atoms with E-state index < -0.39 is 0 Å². The number of fused-ring (bicyclic) bond motifs is 1. The Morgan fingerprint density at radius 1 is 1.40 bits per heavy atom. The van der Waals surface area contributed by atoms with Crippen LogP contribution < -0.4 is 10.6 Å². The van der Waals surface area contributed by atoms with Gasteiger partial charge >= 0.3 is 0 Å². The van der Waals surface area contributed by atoms with Crippen LogP contribution in [-0.2, 0) is 25.9 Å². The number of hydrogen-bond acceptors (Lipinski definition) is 5. The minimum Gasteiger partial charge on any atom is -0.357 e. The third-order valence-corrected chi connectivity index (χ3v) is 4.99. The lowest BCUT2D eigenvalue weighted by molar-refractivity contribution is 0.392. The highest BCUT2D eigenvalue weighted by Crippen LogP contribution is 2.13. The minimum atomic E-state index is 0. The van der Waals surface area contributed by atoms with Crippen LogP contribution in [0.1, 0.15) is 42.6 Å². The van der Waals surface area contributed by atoms with Gasteiger partial charge in [-0.25, -0.2) is 19.6 Å². The average Bonchev–Trinajstić information content (AvgIpc) is 3.17. The Morgan fingerprint density at radius 3 is 2.96 bits per heavy atom. The highest BCUT2D eigenvalue weighted by molar-refractivity contribution is 14.0. The predicted octanol–water partition coefficient (Wildman–Crippen LogP) is 2.29. The van der Waals surface area contributed by atoms with E-state index in [1.807, 2.05) is 11.6 Å².